The number of nitrogens with zero attached hydrogens (tertiary/aromatic N) is 1. The van der Waals surface area contributed by atoms with Crippen LogP contribution in [-0.4, -0.2) is 49.2 Å². The van der Waals surface area contributed by atoms with Crippen molar-refractivity contribution in [1.82, 2.24) is 10.2 Å². The molecule has 126 valence electrons. The molecular weight excluding hydrogens is 296 g/mol. The van der Waals surface area contributed by atoms with Crippen LogP contribution in [0.2, 0.25) is 0 Å². The van der Waals surface area contributed by atoms with Crippen LogP contribution in [0, 0.1) is 0 Å². The fourth-order valence-corrected chi connectivity index (χ4v) is 2.64. The van der Waals surface area contributed by atoms with Crippen LogP contribution in [0.4, 0.5) is 4.79 Å². The van der Waals surface area contributed by atoms with Crippen LogP contribution in [0.3, 0.4) is 0 Å². The molecule has 1 aliphatic heterocycles. The summed E-state index contributed by atoms with van der Waals surface area (Å²) in [7, 11) is 0. The molecule has 1 fully saturated rings. The molecule has 0 aromatic heterocycles. The Hall–Kier alpha value is -2.08. The fraction of sp³-hybridized carbons (Fsp3) is 0.529. The molecule has 0 aliphatic carbocycles. The highest BCUT2D eigenvalue weighted by molar-refractivity contribution is 5.71. The number of rotatable bonds is 6. The van der Waals surface area contributed by atoms with E-state index in [4.69, 9.17) is 9.47 Å². The molecule has 1 saturated heterocycles. The number of nitrogens with one attached hydrogen (secondary N) is 1. The van der Waals surface area contributed by atoms with Crippen molar-refractivity contribution in [2.75, 3.05) is 26.2 Å². The van der Waals surface area contributed by atoms with Gasteiger partial charge in [0.1, 0.15) is 6.61 Å². The number of amides is 1. The third-order valence-corrected chi connectivity index (χ3v) is 3.70. The lowest BCUT2D eigenvalue weighted by atomic mass is 10.1. The average Bonchev–Trinajstić information content (AvgIpc) is 2.54. The predicted octanol–water partition coefficient (Wildman–Crippen LogP) is 1.94. The Balaban J connectivity index is 1.71. The van der Waals surface area contributed by atoms with Crippen molar-refractivity contribution in [3.05, 3.63) is 35.9 Å². The fourth-order valence-electron chi connectivity index (χ4n) is 2.64. The number of hydrogen-bond donors (Lipinski definition) is 1. The Morgan fingerprint density at radius 2 is 2.04 bits per heavy atom. The molecule has 1 aromatic carbocycles. The summed E-state index contributed by atoms with van der Waals surface area (Å²) in [5.41, 5.74) is 0.954. The number of alkyl carbamates (subject to hydrolysis) is 1. The summed E-state index contributed by atoms with van der Waals surface area (Å²) in [6.07, 6.45) is 1.40. The van der Waals surface area contributed by atoms with E-state index in [1.165, 1.54) is 0 Å². The maximum Gasteiger partial charge on any atom is 0.407 e. The van der Waals surface area contributed by atoms with Gasteiger partial charge in [-0.25, -0.2) is 4.79 Å². The zero-order valence-electron chi connectivity index (χ0n) is 13.5. The van der Waals surface area contributed by atoms with Crippen molar-refractivity contribution < 1.29 is 19.1 Å². The van der Waals surface area contributed by atoms with Gasteiger partial charge in [-0.15, -0.1) is 0 Å². The summed E-state index contributed by atoms with van der Waals surface area (Å²) in [5.74, 6) is -0.222. The number of esters is 1. The van der Waals surface area contributed by atoms with Gasteiger partial charge in [-0.1, -0.05) is 30.3 Å². The highest BCUT2D eigenvalue weighted by Gasteiger charge is 2.23. The number of hydrogen-bond acceptors (Lipinski definition) is 5. The summed E-state index contributed by atoms with van der Waals surface area (Å²) in [4.78, 5) is 25.4. The SMILES string of the molecule is CCOC(=O)CN1CCCC(NC(=O)OCc2ccccc2)C1. The average molecular weight is 320 g/mol. The van der Waals surface area contributed by atoms with Gasteiger partial charge in [0.15, 0.2) is 0 Å². The van der Waals surface area contributed by atoms with Crippen LogP contribution in [0.1, 0.15) is 25.3 Å². The molecule has 0 bridgehead atoms. The summed E-state index contributed by atoms with van der Waals surface area (Å²) < 4.78 is 10.2. The van der Waals surface area contributed by atoms with E-state index in [-0.39, 0.29) is 25.2 Å². The minimum Gasteiger partial charge on any atom is -0.465 e. The van der Waals surface area contributed by atoms with Gasteiger partial charge in [0, 0.05) is 12.6 Å². The number of likely N-dealkylation sites (tertiary alicyclic amines) is 1. The zero-order valence-corrected chi connectivity index (χ0v) is 13.5. The summed E-state index contributed by atoms with van der Waals surface area (Å²) >= 11 is 0. The molecule has 0 saturated carbocycles. The highest BCUT2D eigenvalue weighted by atomic mass is 16.5. The van der Waals surface area contributed by atoms with E-state index >= 15 is 0 Å². The molecule has 1 atom stereocenters. The Bertz CT molecular complexity index is 507. The van der Waals surface area contributed by atoms with Crippen molar-refractivity contribution in [1.29, 1.82) is 0 Å². The zero-order chi connectivity index (χ0) is 16.5. The first-order chi connectivity index (χ1) is 11.2. The Kier molecular flexibility index (Phi) is 6.87. The Morgan fingerprint density at radius 3 is 2.78 bits per heavy atom. The largest absolute Gasteiger partial charge is 0.465 e. The minimum absolute atomic E-state index is 0.00134. The quantitative estimate of drug-likeness (QED) is 0.811. The van der Waals surface area contributed by atoms with Gasteiger partial charge in [0.25, 0.3) is 0 Å². The first-order valence-electron chi connectivity index (χ1n) is 8.02. The minimum atomic E-state index is -0.420. The molecule has 6 nitrogen and oxygen atoms in total. The normalized spacial score (nSPS) is 18.2. The van der Waals surface area contributed by atoms with Crippen LogP contribution in [-0.2, 0) is 20.9 Å². The Labute approximate surface area is 136 Å². The predicted molar refractivity (Wildman–Crippen MR) is 85.9 cm³/mol. The van der Waals surface area contributed by atoms with Gasteiger partial charge in [0.05, 0.1) is 13.2 Å². The van der Waals surface area contributed by atoms with Gasteiger partial charge in [-0.2, -0.15) is 0 Å². The van der Waals surface area contributed by atoms with Gasteiger partial charge >= 0.3 is 12.1 Å². The topological polar surface area (TPSA) is 67.9 Å². The van der Waals surface area contributed by atoms with Crippen molar-refractivity contribution in [3.8, 4) is 0 Å². The van der Waals surface area contributed by atoms with Crippen LogP contribution in [0.15, 0.2) is 30.3 Å². The Morgan fingerprint density at radius 1 is 1.26 bits per heavy atom. The van der Waals surface area contributed by atoms with E-state index in [9.17, 15) is 9.59 Å². The van der Waals surface area contributed by atoms with Crippen molar-refractivity contribution >= 4 is 12.1 Å². The van der Waals surface area contributed by atoms with E-state index in [0.717, 1.165) is 24.9 Å². The highest BCUT2D eigenvalue weighted by Crippen LogP contribution is 2.10. The van der Waals surface area contributed by atoms with E-state index in [1.54, 1.807) is 6.92 Å². The molecule has 1 aliphatic rings. The maximum atomic E-state index is 11.9. The van der Waals surface area contributed by atoms with Crippen LogP contribution >= 0.6 is 0 Å². The molecule has 1 aromatic rings. The number of benzene rings is 1. The number of piperidine rings is 1. The lowest BCUT2D eigenvalue weighted by molar-refractivity contribution is -0.144. The van der Waals surface area contributed by atoms with E-state index in [1.807, 2.05) is 35.2 Å². The summed E-state index contributed by atoms with van der Waals surface area (Å²) in [6, 6.07) is 9.56. The molecule has 1 heterocycles. The van der Waals surface area contributed by atoms with Crippen LogP contribution < -0.4 is 5.32 Å². The van der Waals surface area contributed by atoms with Gasteiger partial charge in [-0.3, -0.25) is 9.69 Å². The van der Waals surface area contributed by atoms with Crippen LogP contribution in [0.25, 0.3) is 0 Å². The standard InChI is InChI=1S/C17H24N2O4/c1-2-22-16(20)12-19-10-6-9-15(11-19)18-17(21)23-13-14-7-4-3-5-8-14/h3-5,7-8,15H,2,6,9-13H2,1H3,(H,18,21). The second-order valence-corrected chi connectivity index (χ2v) is 5.59. The molecule has 0 radical (unpaired) electrons. The molecule has 0 spiro atoms. The van der Waals surface area contributed by atoms with Crippen molar-refractivity contribution in [3.63, 3.8) is 0 Å². The van der Waals surface area contributed by atoms with E-state index < -0.39 is 6.09 Å². The first kappa shape index (κ1) is 17.3. The van der Waals surface area contributed by atoms with Gasteiger partial charge < -0.3 is 14.8 Å². The molecule has 2 rings (SSSR count). The molecule has 1 amide bonds. The molecule has 6 heteroatoms. The van der Waals surface area contributed by atoms with Crippen LogP contribution in [0.5, 0.6) is 0 Å². The summed E-state index contributed by atoms with van der Waals surface area (Å²) in [6.45, 7) is 4.19. The second-order valence-electron chi connectivity index (χ2n) is 5.59. The second kappa shape index (κ2) is 9.15. The number of carbonyl (C=O) groups is 2. The van der Waals surface area contributed by atoms with Crippen molar-refractivity contribution in [2.45, 2.75) is 32.4 Å². The molecule has 1 unspecified atom stereocenters. The van der Waals surface area contributed by atoms with Gasteiger partial charge in [0.2, 0.25) is 0 Å². The third-order valence-electron chi connectivity index (χ3n) is 3.70. The summed E-state index contributed by atoms with van der Waals surface area (Å²) in [5, 5.41) is 2.87. The van der Waals surface area contributed by atoms with Gasteiger partial charge in [-0.05, 0) is 31.9 Å². The number of carbonyl (C=O) groups excluding carboxylic acids is 2. The smallest absolute Gasteiger partial charge is 0.407 e. The third kappa shape index (κ3) is 6.28. The monoisotopic (exact) mass is 320 g/mol. The number of ether oxygens (including phenoxy) is 2. The lowest BCUT2D eigenvalue weighted by Crippen LogP contribution is -2.49. The lowest BCUT2D eigenvalue weighted by Gasteiger charge is -2.32. The van der Waals surface area contributed by atoms with Crippen molar-refractivity contribution in [2.24, 2.45) is 0 Å². The molecular formula is C17H24N2O4. The van der Waals surface area contributed by atoms with E-state index in [2.05, 4.69) is 5.32 Å². The molecule has 1 N–H and O–H groups in total. The van der Waals surface area contributed by atoms with E-state index in [0.29, 0.717) is 13.2 Å². The first-order valence-corrected chi connectivity index (χ1v) is 8.02. The maximum absolute atomic E-state index is 11.9. The molecule has 23 heavy (non-hydrogen) atoms.